The molecule has 1 aromatic rings. The van der Waals surface area contributed by atoms with Crippen LogP contribution in [0.3, 0.4) is 0 Å². The summed E-state index contributed by atoms with van der Waals surface area (Å²) in [4.78, 5) is 34.3. The number of alkyl carbamates (subject to hydrolysis) is 2. The molecule has 1 rings (SSSR count). The minimum Gasteiger partial charge on any atom is -0.488 e. The molecule has 0 radical (unpaired) electrons. The third-order valence-electron chi connectivity index (χ3n) is 3.16. The molecule has 0 fully saturated rings. The minimum absolute atomic E-state index is 0.147. The highest BCUT2D eigenvalue weighted by Gasteiger charge is 2.16. The lowest BCUT2D eigenvalue weighted by molar-refractivity contribution is 0.0507. The number of benzene rings is 1. The standard InChI is InChI=1S/C21H32N2O7/c1-20(2,3)29-18(25)22-9-11-27-16-8-7-15(14-24)13-17(16)28-12-10-23-19(26)30-21(4,5)6/h7-8,13-14H,9-12H2,1-6H3,(H,22,25)(H,23,26). The van der Waals surface area contributed by atoms with Gasteiger partial charge in [0.15, 0.2) is 11.5 Å². The van der Waals surface area contributed by atoms with Gasteiger partial charge in [-0.3, -0.25) is 4.79 Å². The third-order valence-corrected chi connectivity index (χ3v) is 3.16. The van der Waals surface area contributed by atoms with Gasteiger partial charge in [-0.25, -0.2) is 9.59 Å². The zero-order valence-electron chi connectivity index (χ0n) is 18.5. The van der Waals surface area contributed by atoms with Crippen LogP contribution >= 0.6 is 0 Å². The summed E-state index contributed by atoms with van der Waals surface area (Å²) in [5.41, 5.74) is -0.744. The molecule has 0 atom stereocenters. The normalized spacial score (nSPS) is 11.3. The van der Waals surface area contributed by atoms with E-state index in [4.69, 9.17) is 18.9 Å². The fourth-order valence-electron chi connectivity index (χ4n) is 2.09. The summed E-state index contributed by atoms with van der Waals surface area (Å²) in [5.74, 6) is 0.756. The number of carbonyl (C=O) groups excluding carboxylic acids is 3. The van der Waals surface area contributed by atoms with E-state index < -0.39 is 23.4 Å². The summed E-state index contributed by atoms with van der Waals surface area (Å²) < 4.78 is 21.6. The van der Waals surface area contributed by atoms with Gasteiger partial charge in [-0.2, -0.15) is 0 Å². The Bertz CT molecular complexity index is 721. The smallest absolute Gasteiger partial charge is 0.407 e. The van der Waals surface area contributed by atoms with E-state index in [-0.39, 0.29) is 26.3 Å². The van der Waals surface area contributed by atoms with E-state index in [1.165, 1.54) is 6.07 Å². The number of amides is 2. The topological polar surface area (TPSA) is 112 Å². The van der Waals surface area contributed by atoms with Crippen LogP contribution in [0.25, 0.3) is 0 Å². The number of nitrogens with one attached hydrogen (secondary N) is 2. The molecule has 0 bridgehead atoms. The van der Waals surface area contributed by atoms with Gasteiger partial charge in [-0.1, -0.05) is 0 Å². The molecule has 9 heteroatoms. The highest BCUT2D eigenvalue weighted by Crippen LogP contribution is 2.28. The van der Waals surface area contributed by atoms with Crippen molar-refractivity contribution in [3.05, 3.63) is 23.8 Å². The predicted octanol–water partition coefficient (Wildman–Crippen LogP) is 3.31. The number of ether oxygens (including phenoxy) is 4. The molecule has 9 nitrogen and oxygen atoms in total. The zero-order valence-corrected chi connectivity index (χ0v) is 18.5. The lowest BCUT2D eigenvalue weighted by Gasteiger charge is -2.20. The molecule has 2 N–H and O–H groups in total. The summed E-state index contributed by atoms with van der Waals surface area (Å²) in [6, 6.07) is 4.74. The predicted molar refractivity (Wildman–Crippen MR) is 111 cm³/mol. The van der Waals surface area contributed by atoms with Crippen molar-refractivity contribution in [1.82, 2.24) is 10.6 Å². The highest BCUT2D eigenvalue weighted by atomic mass is 16.6. The Morgan fingerprint density at radius 2 is 1.30 bits per heavy atom. The molecule has 2 amide bonds. The maximum Gasteiger partial charge on any atom is 0.407 e. The lowest BCUT2D eigenvalue weighted by atomic mass is 10.2. The van der Waals surface area contributed by atoms with E-state index in [0.717, 1.165) is 0 Å². The number of hydrogen-bond acceptors (Lipinski definition) is 7. The Balaban J connectivity index is 2.52. The van der Waals surface area contributed by atoms with Gasteiger partial charge in [0.05, 0.1) is 13.1 Å². The molecule has 0 saturated heterocycles. The number of carbonyl (C=O) groups is 3. The van der Waals surface area contributed by atoms with Gasteiger partial charge >= 0.3 is 12.2 Å². The van der Waals surface area contributed by atoms with Crippen LogP contribution in [-0.2, 0) is 9.47 Å². The van der Waals surface area contributed by atoms with Crippen molar-refractivity contribution < 1.29 is 33.3 Å². The summed E-state index contributed by atoms with van der Waals surface area (Å²) >= 11 is 0. The van der Waals surface area contributed by atoms with Crippen LogP contribution in [0.15, 0.2) is 18.2 Å². The fourth-order valence-corrected chi connectivity index (χ4v) is 2.09. The molecule has 0 saturated carbocycles. The van der Waals surface area contributed by atoms with Crippen LogP contribution < -0.4 is 20.1 Å². The zero-order chi connectivity index (χ0) is 22.8. The maximum absolute atomic E-state index is 11.6. The van der Waals surface area contributed by atoms with Gasteiger partial charge < -0.3 is 29.6 Å². The second kappa shape index (κ2) is 11.3. The van der Waals surface area contributed by atoms with Crippen molar-refractivity contribution in [3.63, 3.8) is 0 Å². The van der Waals surface area contributed by atoms with Crippen molar-refractivity contribution >= 4 is 18.5 Å². The third kappa shape index (κ3) is 11.1. The summed E-state index contributed by atoms with van der Waals surface area (Å²) in [6.07, 6.45) is -0.385. The van der Waals surface area contributed by atoms with Crippen molar-refractivity contribution in [2.45, 2.75) is 52.7 Å². The molecule has 0 heterocycles. The molecule has 0 aliphatic rings. The van der Waals surface area contributed by atoms with Crippen LogP contribution in [0.1, 0.15) is 51.9 Å². The Morgan fingerprint density at radius 1 is 0.833 bits per heavy atom. The van der Waals surface area contributed by atoms with Crippen LogP contribution in [0, 0.1) is 0 Å². The number of rotatable bonds is 9. The van der Waals surface area contributed by atoms with E-state index in [1.54, 1.807) is 53.7 Å². The first-order valence-electron chi connectivity index (χ1n) is 9.68. The second-order valence-electron chi connectivity index (χ2n) is 8.38. The Morgan fingerprint density at radius 3 is 1.73 bits per heavy atom. The van der Waals surface area contributed by atoms with Gasteiger partial charge in [-0.05, 0) is 59.7 Å². The van der Waals surface area contributed by atoms with Crippen LogP contribution in [-0.4, -0.2) is 56.0 Å². The Labute approximate surface area is 177 Å². The van der Waals surface area contributed by atoms with Gasteiger partial charge in [0.2, 0.25) is 0 Å². The number of hydrogen-bond donors (Lipinski definition) is 2. The molecule has 168 valence electrons. The molecular weight excluding hydrogens is 392 g/mol. The molecule has 0 spiro atoms. The van der Waals surface area contributed by atoms with E-state index in [1.807, 2.05) is 0 Å². The first-order valence-corrected chi connectivity index (χ1v) is 9.68. The largest absolute Gasteiger partial charge is 0.488 e. The first kappa shape index (κ1) is 25.1. The van der Waals surface area contributed by atoms with Gasteiger partial charge in [0, 0.05) is 5.56 Å². The van der Waals surface area contributed by atoms with Crippen LogP contribution in [0.4, 0.5) is 9.59 Å². The lowest BCUT2D eigenvalue weighted by Crippen LogP contribution is -2.35. The van der Waals surface area contributed by atoms with Gasteiger partial charge in [0.1, 0.15) is 30.7 Å². The summed E-state index contributed by atoms with van der Waals surface area (Å²) in [6.45, 7) is 11.4. The first-order chi connectivity index (χ1) is 13.9. The molecule has 0 aliphatic carbocycles. The van der Waals surface area contributed by atoms with Crippen molar-refractivity contribution in [2.24, 2.45) is 0 Å². The molecule has 30 heavy (non-hydrogen) atoms. The van der Waals surface area contributed by atoms with E-state index in [0.29, 0.717) is 23.3 Å². The molecule has 1 aromatic carbocycles. The quantitative estimate of drug-likeness (QED) is 0.462. The van der Waals surface area contributed by atoms with E-state index in [9.17, 15) is 14.4 Å². The SMILES string of the molecule is CC(C)(C)OC(=O)NCCOc1ccc(C=O)cc1OCCNC(=O)OC(C)(C)C. The van der Waals surface area contributed by atoms with E-state index in [2.05, 4.69) is 10.6 Å². The van der Waals surface area contributed by atoms with E-state index >= 15 is 0 Å². The summed E-state index contributed by atoms with van der Waals surface area (Å²) in [7, 11) is 0. The minimum atomic E-state index is -0.586. The molecule has 0 unspecified atom stereocenters. The van der Waals surface area contributed by atoms with Gasteiger partial charge in [-0.15, -0.1) is 0 Å². The Kier molecular flexibility index (Phi) is 9.42. The maximum atomic E-state index is 11.6. The fraction of sp³-hybridized carbons (Fsp3) is 0.571. The molecular formula is C21H32N2O7. The van der Waals surface area contributed by atoms with Crippen LogP contribution in [0.2, 0.25) is 0 Å². The average molecular weight is 424 g/mol. The van der Waals surface area contributed by atoms with Gasteiger partial charge in [0.25, 0.3) is 0 Å². The van der Waals surface area contributed by atoms with Crippen molar-refractivity contribution in [1.29, 1.82) is 0 Å². The molecule has 0 aliphatic heterocycles. The number of aldehydes is 1. The monoisotopic (exact) mass is 424 g/mol. The molecule has 0 aromatic heterocycles. The second-order valence-corrected chi connectivity index (χ2v) is 8.38. The highest BCUT2D eigenvalue weighted by molar-refractivity contribution is 5.76. The van der Waals surface area contributed by atoms with Crippen molar-refractivity contribution in [3.8, 4) is 11.5 Å². The average Bonchev–Trinajstić information content (AvgIpc) is 2.60. The van der Waals surface area contributed by atoms with Crippen molar-refractivity contribution in [2.75, 3.05) is 26.3 Å². The Hall–Kier alpha value is -2.97. The summed E-state index contributed by atoms with van der Waals surface area (Å²) in [5, 5.41) is 5.17. The van der Waals surface area contributed by atoms with Crippen LogP contribution in [0.5, 0.6) is 11.5 Å².